The first-order chi connectivity index (χ1) is 21.2. The molecular weight excluding hydrogens is 548 g/mol. The molecule has 230 valence electrons. The van der Waals surface area contributed by atoms with Crippen LogP contribution in [-0.4, -0.2) is 59.6 Å². The zero-order valence-corrected chi connectivity index (χ0v) is 26.2. The summed E-state index contributed by atoms with van der Waals surface area (Å²) in [6.45, 7) is 10.0. The van der Waals surface area contributed by atoms with Crippen molar-refractivity contribution in [3.63, 3.8) is 0 Å². The lowest BCUT2D eigenvalue weighted by Gasteiger charge is -2.37. The number of hydrogen-bond acceptors (Lipinski definition) is 6. The second-order valence-corrected chi connectivity index (χ2v) is 13.6. The molecule has 0 aromatic heterocycles. The van der Waals surface area contributed by atoms with E-state index in [1.807, 2.05) is 53.4 Å². The Balaban J connectivity index is 0.000000181. The van der Waals surface area contributed by atoms with Crippen LogP contribution in [0, 0.1) is 0 Å². The van der Waals surface area contributed by atoms with Gasteiger partial charge in [0.05, 0.1) is 11.4 Å². The molecule has 0 atom stereocenters. The van der Waals surface area contributed by atoms with Crippen LogP contribution < -0.4 is 5.32 Å². The van der Waals surface area contributed by atoms with Gasteiger partial charge in [0.25, 0.3) is 5.91 Å². The molecule has 0 bridgehead atoms. The largest absolute Gasteiger partial charge is 0.388 e. The highest BCUT2D eigenvalue weighted by Gasteiger charge is 2.43. The standard InChI is InChI=1S/C24H28N2O2.C13H16N2O/c1-23(2,3)20-11-9-19(10-12-20)22(27)26-15-13-24(14-16-26)17-21(25-28-24)18-7-5-4-6-8-18;1-2-4-11(5-3-1)12-10-13(16-15-12)6-8-14-9-7-13/h4-12H,13-17H2,1-3H3;1-5,14H,6-10H2. The van der Waals surface area contributed by atoms with Gasteiger partial charge in [-0.05, 0) is 47.3 Å². The van der Waals surface area contributed by atoms with Crippen LogP contribution in [0.3, 0.4) is 0 Å². The van der Waals surface area contributed by atoms with Gasteiger partial charge in [-0.3, -0.25) is 4.79 Å². The van der Waals surface area contributed by atoms with Gasteiger partial charge < -0.3 is 19.9 Å². The van der Waals surface area contributed by atoms with Crippen molar-refractivity contribution < 1.29 is 14.5 Å². The molecule has 4 heterocycles. The highest BCUT2D eigenvalue weighted by Crippen LogP contribution is 2.37. The summed E-state index contributed by atoms with van der Waals surface area (Å²) < 4.78 is 0. The molecular formula is C37H44N4O3. The minimum atomic E-state index is -0.252. The molecule has 1 amide bonds. The van der Waals surface area contributed by atoms with Gasteiger partial charge in [0.15, 0.2) is 0 Å². The number of oxime groups is 2. The second-order valence-electron chi connectivity index (χ2n) is 13.6. The van der Waals surface area contributed by atoms with Crippen molar-refractivity contribution in [1.29, 1.82) is 0 Å². The average Bonchev–Trinajstić information content (AvgIpc) is 3.67. The van der Waals surface area contributed by atoms with E-state index in [0.717, 1.165) is 74.2 Å². The van der Waals surface area contributed by atoms with Crippen LogP contribution in [0.15, 0.2) is 95.2 Å². The van der Waals surface area contributed by atoms with Gasteiger partial charge >= 0.3 is 0 Å². The summed E-state index contributed by atoms with van der Waals surface area (Å²) in [5.41, 5.74) is 6.25. The number of amides is 1. The minimum Gasteiger partial charge on any atom is -0.388 e. The fourth-order valence-corrected chi connectivity index (χ4v) is 6.45. The molecule has 44 heavy (non-hydrogen) atoms. The Morgan fingerprint density at radius 2 is 1.18 bits per heavy atom. The van der Waals surface area contributed by atoms with E-state index in [1.165, 1.54) is 11.1 Å². The van der Waals surface area contributed by atoms with Crippen LogP contribution >= 0.6 is 0 Å². The molecule has 2 saturated heterocycles. The lowest BCUT2D eigenvalue weighted by molar-refractivity contribution is -0.0568. The highest BCUT2D eigenvalue weighted by atomic mass is 16.7. The summed E-state index contributed by atoms with van der Waals surface area (Å²) in [7, 11) is 0. The van der Waals surface area contributed by atoms with Crippen molar-refractivity contribution in [3.05, 3.63) is 107 Å². The van der Waals surface area contributed by atoms with Gasteiger partial charge in [-0.15, -0.1) is 0 Å². The average molecular weight is 593 g/mol. The molecule has 0 radical (unpaired) electrons. The molecule has 0 unspecified atom stereocenters. The van der Waals surface area contributed by atoms with Gasteiger partial charge in [-0.1, -0.05) is 104 Å². The number of nitrogens with zero attached hydrogens (tertiary/aromatic N) is 3. The summed E-state index contributed by atoms with van der Waals surface area (Å²) in [4.78, 5) is 26.4. The predicted molar refractivity (Wildman–Crippen MR) is 175 cm³/mol. The Hall–Kier alpha value is -3.97. The number of rotatable bonds is 3. The number of nitrogens with one attached hydrogen (secondary N) is 1. The van der Waals surface area contributed by atoms with Crippen molar-refractivity contribution in [3.8, 4) is 0 Å². The quantitative estimate of drug-likeness (QED) is 0.367. The van der Waals surface area contributed by atoms with Gasteiger partial charge in [-0.2, -0.15) is 0 Å². The molecule has 7 nitrogen and oxygen atoms in total. The maximum absolute atomic E-state index is 12.9. The third-order valence-electron chi connectivity index (χ3n) is 9.37. The van der Waals surface area contributed by atoms with Gasteiger partial charge in [0.2, 0.25) is 0 Å². The topological polar surface area (TPSA) is 75.5 Å². The molecule has 3 aromatic rings. The highest BCUT2D eigenvalue weighted by molar-refractivity contribution is 6.02. The summed E-state index contributed by atoms with van der Waals surface area (Å²) in [5, 5.41) is 12.0. The number of likely N-dealkylation sites (tertiary alicyclic amines) is 1. The summed E-state index contributed by atoms with van der Waals surface area (Å²) in [6.07, 6.45) is 5.54. The van der Waals surface area contributed by atoms with Gasteiger partial charge in [0.1, 0.15) is 11.2 Å². The van der Waals surface area contributed by atoms with Crippen molar-refractivity contribution in [2.24, 2.45) is 10.3 Å². The van der Waals surface area contributed by atoms with Crippen LogP contribution in [0.1, 0.15) is 86.3 Å². The maximum atomic E-state index is 12.9. The number of carbonyl (C=O) groups excluding carboxylic acids is 1. The van der Waals surface area contributed by atoms with Crippen molar-refractivity contribution in [2.45, 2.75) is 75.9 Å². The van der Waals surface area contributed by atoms with Crippen molar-refractivity contribution in [2.75, 3.05) is 26.2 Å². The van der Waals surface area contributed by atoms with E-state index in [9.17, 15) is 4.79 Å². The lowest BCUT2D eigenvalue weighted by atomic mass is 9.85. The minimum absolute atomic E-state index is 0.0174. The third-order valence-corrected chi connectivity index (χ3v) is 9.37. The van der Waals surface area contributed by atoms with Crippen LogP contribution in [0.5, 0.6) is 0 Å². The zero-order valence-electron chi connectivity index (χ0n) is 26.2. The van der Waals surface area contributed by atoms with Crippen LogP contribution in [-0.2, 0) is 15.1 Å². The van der Waals surface area contributed by atoms with E-state index in [1.54, 1.807) is 0 Å². The number of benzene rings is 3. The fraction of sp³-hybridized carbons (Fsp3) is 0.432. The molecule has 4 aliphatic rings. The summed E-state index contributed by atoms with van der Waals surface area (Å²) in [5.74, 6) is 0.109. The van der Waals surface area contributed by atoms with E-state index >= 15 is 0 Å². The zero-order chi connectivity index (χ0) is 30.6. The van der Waals surface area contributed by atoms with Crippen LogP contribution in [0.2, 0.25) is 0 Å². The molecule has 7 heteroatoms. The van der Waals surface area contributed by atoms with Gasteiger partial charge in [0, 0.05) is 57.2 Å². The molecule has 1 N–H and O–H groups in total. The number of carbonyl (C=O) groups is 1. The number of piperidine rings is 2. The van der Waals surface area contributed by atoms with E-state index in [0.29, 0.717) is 13.1 Å². The van der Waals surface area contributed by atoms with Crippen LogP contribution in [0.25, 0.3) is 0 Å². The monoisotopic (exact) mass is 592 g/mol. The Bertz CT molecular complexity index is 1480. The molecule has 0 aliphatic carbocycles. The molecule has 2 spiro atoms. The summed E-state index contributed by atoms with van der Waals surface area (Å²) in [6, 6.07) is 28.6. The van der Waals surface area contributed by atoms with E-state index in [2.05, 4.69) is 72.8 Å². The first-order valence-corrected chi connectivity index (χ1v) is 16.0. The summed E-state index contributed by atoms with van der Waals surface area (Å²) >= 11 is 0. The molecule has 0 saturated carbocycles. The Labute approximate surface area is 261 Å². The molecule has 7 rings (SSSR count). The van der Waals surface area contributed by atoms with E-state index in [-0.39, 0.29) is 22.5 Å². The van der Waals surface area contributed by atoms with Gasteiger partial charge in [-0.25, -0.2) is 0 Å². The molecule has 4 aliphatic heterocycles. The van der Waals surface area contributed by atoms with Crippen molar-refractivity contribution in [1.82, 2.24) is 10.2 Å². The normalized spacial score (nSPS) is 20.2. The lowest BCUT2D eigenvalue weighted by Crippen LogP contribution is -2.46. The second kappa shape index (κ2) is 12.6. The Kier molecular flexibility index (Phi) is 8.59. The van der Waals surface area contributed by atoms with E-state index in [4.69, 9.17) is 9.68 Å². The van der Waals surface area contributed by atoms with Crippen molar-refractivity contribution >= 4 is 17.3 Å². The smallest absolute Gasteiger partial charge is 0.253 e. The molecule has 2 fully saturated rings. The Morgan fingerprint density at radius 1 is 0.705 bits per heavy atom. The SMILES string of the molecule is CC(C)(C)c1ccc(C(=O)N2CCC3(CC2)CC(c2ccccc2)=NO3)cc1.c1ccc(C2=NOC3(CCNCC3)C2)cc1. The predicted octanol–water partition coefficient (Wildman–Crippen LogP) is 6.72. The number of hydrogen-bond donors (Lipinski definition) is 1. The third kappa shape index (κ3) is 6.73. The fourth-order valence-electron chi connectivity index (χ4n) is 6.45. The van der Waals surface area contributed by atoms with E-state index < -0.39 is 0 Å². The molecule has 3 aromatic carbocycles. The maximum Gasteiger partial charge on any atom is 0.253 e. The first-order valence-electron chi connectivity index (χ1n) is 16.0. The van der Waals surface area contributed by atoms with Crippen LogP contribution in [0.4, 0.5) is 0 Å². The Morgan fingerprint density at radius 3 is 1.66 bits per heavy atom. The first kappa shape index (κ1) is 30.1.